The Bertz CT molecular complexity index is 1220. The van der Waals surface area contributed by atoms with E-state index in [9.17, 15) is 4.79 Å². The van der Waals surface area contributed by atoms with Crippen molar-refractivity contribution < 1.29 is 4.79 Å². The number of aromatic nitrogens is 3. The molecule has 0 aliphatic rings. The Kier molecular flexibility index (Phi) is 5.86. The maximum absolute atomic E-state index is 12.5. The first-order valence-corrected chi connectivity index (χ1v) is 11.0. The van der Waals surface area contributed by atoms with Gasteiger partial charge in [-0.1, -0.05) is 49.0 Å². The fourth-order valence-electron chi connectivity index (χ4n) is 3.32. The lowest BCUT2D eigenvalue weighted by molar-refractivity contribution is -0.113. The van der Waals surface area contributed by atoms with Crippen LogP contribution in [0, 0.1) is 13.8 Å². The summed E-state index contributed by atoms with van der Waals surface area (Å²) < 4.78 is 1.82. The number of anilines is 1. The summed E-state index contributed by atoms with van der Waals surface area (Å²) >= 11 is 1.42. The van der Waals surface area contributed by atoms with Gasteiger partial charge < -0.3 is 5.32 Å². The molecule has 0 unspecified atom stereocenters. The molecule has 4 aromatic rings. The summed E-state index contributed by atoms with van der Waals surface area (Å²) in [5, 5.41) is 8.50. The summed E-state index contributed by atoms with van der Waals surface area (Å²) in [6, 6.07) is 16.3. The lowest BCUT2D eigenvalue weighted by Gasteiger charge is -2.09. The van der Waals surface area contributed by atoms with Crippen LogP contribution < -0.4 is 5.32 Å². The minimum absolute atomic E-state index is 0.0430. The summed E-state index contributed by atoms with van der Waals surface area (Å²) in [6.45, 7) is 6.29. The highest BCUT2D eigenvalue weighted by molar-refractivity contribution is 8.00. The fraction of sp³-hybridized carbons (Fsp3) is 0.208. The molecule has 30 heavy (non-hydrogen) atoms. The highest BCUT2D eigenvalue weighted by Crippen LogP contribution is 2.27. The maximum Gasteiger partial charge on any atom is 0.234 e. The Hall–Kier alpha value is -3.12. The summed E-state index contributed by atoms with van der Waals surface area (Å²) in [5.74, 6) is 0.244. The van der Waals surface area contributed by atoms with Gasteiger partial charge in [-0.15, -0.1) is 0 Å². The average Bonchev–Trinajstić information content (AvgIpc) is 3.19. The molecule has 0 saturated heterocycles. The van der Waals surface area contributed by atoms with E-state index in [1.807, 2.05) is 41.0 Å². The van der Waals surface area contributed by atoms with Gasteiger partial charge in [-0.25, -0.2) is 9.50 Å². The molecule has 2 heterocycles. The van der Waals surface area contributed by atoms with Gasteiger partial charge in [-0.3, -0.25) is 4.79 Å². The normalized spacial score (nSPS) is 11.0. The molecule has 0 spiro atoms. The molecule has 152 valence electrons. The van der Waals surface area contributed by atoms with Crippen molar-refractivity contribution in [3.63, 3.8) is 0 Å². The minimum atomic E-state index is -0.0430. The summed E-state index contributed by atoms with van der Waals surface area (Å²) in [7, 11) is 0. The molecule has 5 nitrogen and oxygen atoms in total. The van der Waals surface area contributed by atoms with Gasteiger partial charge in [0.15, 0.2) is 0 Å². The molecule has 0 aliphatic heterocycles. The number of fused-ring (bicyclic) bond motifs is 1. The van der Waals surface area contributed by atoms with Gasteiger partial charge in [0.1, 0.15) is 5.03 Å². The van der Waals surface area contributed by atoms with Gasteiger partial charge in [-0.05, 0) is 55.2 Å². The van der Waals surface area contributed by atoms with E-state index in [4.69, 9.17) is 5.10 Å². The third kappa shape index (κ3) is 4.24. The number of aryl methyl sites for hydroxylation is 3. The standard InChI is InChI=1S/C24H24N4OS/c1-4-18-7-5-6-8-20(18)26-23(29)15-30-24-22-14-21(27-28(22)12-11-25-24)19-10-9-16(2)17(3)13-19/h5-14H,4,15H2,1-3H3,(H,26,29). The van der Waals surface area contributed by atoms with Gasteiger partial charge in [-0.2, -0.15) is 5.10 Å². The number of nitrogens with zero attached hydrogens (tertiary/aromatic N) is 3. The second kappa shape index (κ2) is 8.71. The predicted molar refractivity (Wildman–Crippen MR) is 123 cm³/mol. The number of carbonyl (C=O) groups is 1. The Balaban J connectivity index is 1.52. The fourth-order valence-corrected chi connectivity index (χ4v) is 4.10. The number of hydrogen-bond acceptors (Lipinski definition) is 4. The van der Waals surface area contributed by atoms with E-state index < -0.39 is 0 Å². The molecule has 4 rings (SSSR count). The zero-order valence-corrected chi connectivity index (χ0v) is 18.2. The number of carbonyl (C=O) groups excluding carboxylic acids is 1. The van der Waals surface area contributed by atoms with E-state index in [-0.39, 0.29) is 11.7 Å². The van der Waals surface area contributed by atoms with Crippen LogP contribution in [0.15, 0.2) is 66.0 Å². The number of para-hydroxylation sites is 1. The number of benzene rings is 2. The highest BCUT2D eigenvalue weighted by Gasteiger charge is 2.12. The lowest BCUT2D eigenvalue weighted by Crippen LogP contribution is -2.15. The first-order chi connectivity index (χ1) is 14.5. The molecule has 0 bridgehead atoms. The van der Waals surface area contributed by atoms with Crippen LogP contribution in [0.3, 0.4) is 0 Å². The van der Waals surface area contributed by atoms with Crippen LogP contribution in [0.25, 0.3) is 16.8 Å². The lowest BCUT2D eigenvalue weighted by atomic mass is 10.0. The number of thioether (sulfide) groups is 1. The van der Waals surface area contributed by atoms with E-state index in [1.165, 1.54) is 22.9 Å². The zero-order valence-electron chi connectivity index (χ0n) is 17.3. The predicted octanol–water partition coefficient (Wildman–Crippen LogP) is 5.31. The van der Waals surface area contributed by atoms with Crippen LogP contribution in [0.1, 0.15) is 23.6 Å². The molecule has 0 saturated carbocycles. The molecule has 0 radical (unpaired) electrons. The molecule has 0 aliphatic carbocycles. The SMILES string of the molecule is CCc1ccccc1NC(=O)CSc1nccn2nc(-c3ccc(C)c(C)c3)cc12. The summed E-state index contributed by atoms with van der Waals surface area (Å²) in [4.78, 5) is 17.0. The van der Waals surface area contributed by atoms with Gasteiger partial charge in [0.2, 0.25) is 5.91 Å². The number of amides is 1. The monoisotopic (exact) mass is 416 g/mol. The van der Waals surface area contributed by atoms with Crippen molar-refractivity contribution in [2.75, 3.05) is 11.1 Å². The van der Waals surface area contributed by atoms with Crippen LogP contribution in [0.5, 0.6) is 0 Å². The molecule has 6 heteroatoms. The molecule has 1 amide bonds. The number of rotatable bonds is 6. The van der Waals surface area contributed by atoms with Crippen LogP contribution in [-0.4, -0.2) is 26.3 Å². The third-order valence-electron chi connectivity index (χ3n) is 5.17. The Morgan fingerprint density at radius 1 is 1.10 bits per heavy atom. The van der Waals surface area contributed by atoms with Crippen LogP contribution in [0.2, 0.25) is 0 Å². The van der Waals surface area contributed by atoms with Crippen molar-refractivity contribution in [1.82, 2.24) is 14.6 Å². The van der Waals surface area contributed by atoms with Crippen molar-refractivity contribution in [2.45, 2.75) is 32.2 Å². The maximum atomic E-state index is 12.5. The first kappa shape index (κ1) is 20.2. The third-order valence-corrected chi connectivity index (χ3v) is 6.16. The minimum Gasteiger partial charge on any atom is -0.325 e. The zero-order chi connectivity index (χ0) is 21.1. The highest BCUT2D eigenvalue weighted by atomic mass is 32.2. The Labute approximate surface area is 180 Å². The Morgan fingerprint density at radius 2 is 1.93 bits per heavy atom. The smallest absolute Gasteiger partial charge is 0.234 e. The van der Waals surface area contributed by atoms with Crippen molar-refractivity contribution in [2.24, 2.45) is 0 Å². The average molecular weight is 417 g/mol. The number of hydrogen-bond donors (Lipinski definition) is 1. The topological polar surface area (TPSA) is 59.3 Å². The van der Waals surface area contributed by atoms with Crippen LogP contribution >= 0.6 is 11.8 Å². The summed E-state index contributed by atoms with van der Waals surface area (Å²) in [6.07, 6.45) is 4.43. The quantitative estimate of drug-likeness (QED) is 0.433. The second-order valence-electron chi connectivity index (χ2n) is 7.24. The van der Waals surface area contributed by atoms with Crippen molar-refractivity contribution in [3.05, 3.63) is 77.6 Å². The van der Waals surface area contributed by atoms with Crippen molar-refractivity contribution >= 4 is 28.9 Å². The first-order valence-electron chi connectivity index (χ1n) is 9.97. The van der Waals surface area contributed by atoms with Gasteiger partial charge in [0.25, 0.3) is 0 Å². The molecule has 2 aromatic heterocycles. The molecular weight excluding hydrogens is 392 g/mol. The molecule has 0 fully saturated rings. The second-order valence-corrected chi connectivity index (χ2v) is 8.20. The molecule has 2 aromatic carbocycles. The van der Waals surface area contributed by atoms with E-state index in [2.05, 4.69) is 49.3 Å². The largest absolute Gasteiger partial charge is 0.325 e. The summed E-state index contributed by atoms with van der Waals surface area (Å²) in [5.41, 5.74) is 7.37. The van der Waals surface area contributed by atoms with Crippen molar-refractivity contribution in [1.29, 1.82) is 0 Å². The van der Waals surface area contributed by atoms with E-state index in [0.29, 0.717) is 0 Å². The van der Waals surface area contributed by atoms with Gasteiger partial charge in [0, 0.05) is 23.6 Å². The van der Waals surface area contributed by atoms with E-state index in [0.717, 1.165) is 39.5 Å². The number of nitrogens with one attached hydrogen (secondary N) is 1. The van der Waals surface area contributed by atoms with Crippen molar-refractivity contribution in [3.8, 4) is 11.3 Å². The van der Waals surface area contributed by atoms with E-state index >= 15 is 0 Å². The van der Waals surface area contributed by atoms with Gasteiger partial charge in [0.05, 0.1) is 17.0 Å². The van der Waals surface area contributed by atoms with Gasteiger partial charge >= 0.3 is 0 Å². The molecule has 0 atom stereocenters. The molecule has 1 N–H and O–H groups in total. The van der Waals surface area contributed by atoms with Crippen LogP contribution in [0.4, 0.5) is 5.69 Å². The molecular formula is C24H24N4OS. The Morgan fingerprint density at radius 3 is 2.73 bits per heavy atom. The van der Waals surface area contributed by atoms with Crippen LogP contribution in [-0.2, 0) is 11.2 Å². The van der Waals surface area contributed by atoms with E-state index in [1.54, 1.807) is 6.20 Å².